The maximum Gasteiger partial charge on any atom is 0.276 e. The van der Waals surface area contributed by atoms with Gasteiger partial charge in [-0.2, -0.15) is 5.10 Å². The quantitative estimate of drug-likeness (QED) is 0.792. The highest BCUT2D eigenvalue weighted by molar-refractivity contribution is 5.45. The van der Waals surface area contributed by atoms with E-state index in [0.717, 1.165) is 11.3 Å². The van der Waals surface area contributed by atoms with Gasteiger partial charge in [-0.1, -0.05) is 6.07 Å². The molecular weight excluding hydrogens is 271 g/mol. The average molecular weight is 286 g/mol. The minimum Gasteiger partial charge on any atom is -0.326 e. The first-order chi connectivity index (χ1) is 10.1. The van der Waals surface area contributed by atoms with Gasteiger partial charge in [0.25, 0.3) is 5.56 Å². The Hall–Kier alpha value is -2.47. The monoisotopic (exact) mass is 286 g/mol. The summed E-state index contributed by atoms with van der Waals surface area (Å²) in [5, 5.41) is 4.20. The summed E-state index contributed by atoms with van der Waals surface area (Å²) in [6.07, 6.45) is 3.40. The fraction of sp³-hybridized carbons (Fsp3) is 0.200. The molecule has 0 amide bonds. The molecule has 2 aromatic heterocycles. The summed E-state index contributed by atoms with van der Waals surface area (Å²) in [6, 6.07) is 6.19. The van der Waals surface area contributed by atoms with Crippen molar-refractivity contribution in [2.24, 2.45) is 5.73 Å². The summed E-state index contributed by atoms with van der Waals surface area (Å²) in [7, 11) is 0. The third-order valence-corrected chi connectivity index (χ3v) is 3.45. The van der Waals surface area contributed by atoms with Crippen molar-refractivity contribution in [3.8, 4) is 0 Å². The lowest BCUT2D eigenvalue weighted by atomic mass is 10.1. The molecule has 0 atom stereocenters. The van der Waals surface area contributed by atoms with Crippen molar-refractivity contribution >= 4 is 5.52 Å². The van der Waals surface area contributed by atoms with Crippen LogP contribution >= 0.6 is 0 Å². The highest BCUT2D eigenvalue weighted by Crippen LogP contribution is 2.12. The highest BCUT2D eigenvalue weighted by Gasteiger charge is 2.08. The minimum absolute atomic E-state index is 0.134. The Labute approximate surface area is 120 Å². The standard InChI is InChI=1S/C15H15FN4O/c1-10-6-14-15(21)19(4-5-20(14)18-10)9-11-2-3-13(16)7-12(11)8-17/h2-7H,8-9,17H2,1H3. The van der Waals surface area contributed by atoms with Crippen LogP contribution in [0.25, 0.3) is 5.52 Å². The highest BCUT2D eigenvalue weighted by atomic mass is 19.1. The van der Waals surface area contributed by atoms with Crippen molar-refractivity contribution in [3.05, 3.63) is 69.7 Å². The number of hydrogen-bond donors (Lipinski definition) is 1. The molecule has 0 spiro atoms. The normalized spacial score (nSPS) is 11.2. The number of hydrogen-bond acceptors (Lipinski definition) is 3. The van der Waals surface area contributed by atoms with E-state index >= 15 is 0 Å². The summed E-state index contributed by atoms with van der Waals surface area (Å²) in [6.45, 7) is 2.42. The van der Waals surface area contributed by atoms with Crippen LogP contribution < -0.4 is 11.3 Å². The van der Waals surface area contributed by atoms with Crippen molar-refractivity contribution in [3.63, 3.8) is 0 Å². The molecule has 5 nitrogen and oxygen atoms in total. The van der Waals surface area contributed by atoms with Crippen molar-refractivity contribution in [2.45, 2.75) is 20.0 Å². The number of aryl methyl sites for hydroxylation is 1. The Balaban J connectivity index is 2.06. The Kier molecular flexibility index (Phi) is 3.31. The first-order valence-electron chi connectivity index (χ1n) is 6.61. The van der Waals surface area contributed by atoms with Crippen LogP contribution in [0.15, 0.2) is 41.5 Å². The topological polar surface area (TPSA) is 65.3 Å². The molecule has 0 aliphatic carbocycles. The van der Waals surface area contributed by atoms with Gasteiger partial charge in [0.15, 0.2) is 0 Å². The zero-order valence-corrected chi connectivity index (χ0v) is 11.6. The zero-order chi connectivity index (χ0) is 15.0. The number of nitrogens with two attached hydrogens (primary N) is 1. The lowest BCUT2D eigenvalue weighted by Crippen LogP contribution is -2.22. The number of halogens is 1. The second-order valence-corrected chi connectivity index (χ2v) is 4.96. The van der Waals surface area contributed by atoms with Crippen LogP contribution in [0.4, 0.5) is 4.39 Å². The Morgan fingerprint density at radius 2 is 2.05 bits per heavy atom. The maximum atomic E-state index is 13.2. The molecule has 0 fully saturated rings. The van der Waals surface area contributed by atoms with E-state index in [-0.39, 0.29) is 17.9 Å². The van der Waals surface area contributed by atoms with Crippen molar-refractivity contribution in [1.29, 1.82) is 0 Å². The Bertz CT molecular complexity index is 866. The van der Waals surface area contributed by atoms with Gasteiger partial charge in [-0.05, 0) is 36.2 Å². The largest absolute Gasteiger partial charge is 0.326 e. The summed E-state index contributed by atoms with van der Waals surface area (Å²) < 4.78 is 16.4. The van der Waals surface area contributed by atoms with Gasteiger partial charge < -0.3 is 10.3 Å². The molecular formula is C15H15FN4O. The fourth-order valence-corrected chi connectivity index (χ4v) is 2.40. The first-order valence-corrected chi connectivity index (χ1v) is 6.61. The number of nitrogens with zero attached hydrogens (tertiary/aromatic N) is 3. The van der Waals surface area contributed by atoms with Crippen molar-refractivity contribution in [1.82, 2.24) is 14.2 Å². The lowest BCUT2D eigenvalue weighted by Gasteiger charge is -2.10. The van der Waals surface area contributed by atoms with Gasteiger partial charge in [-0.3, -0.25) is 4.79 Å². The van der Waals surface area contributed by atoms with E-state index in [4.69, 9.17) is 5.73 Å². The van der Waals surface area contributed by atoms with Crippen LogP contribution in [0.2, 0.25) is 0 Å². The second kappa shape index (κ2) is 5.14. The average Bonchev–Trinajstić information content (AvgIpc) is 2.85. The third-order valence-electron chi connectivity index (χ3n) is 3.45. The minimum atomic E-state index is -0.326. The summed E-state index contributed by atoms with van der Waals surface area (Å²) >= 11 is 0. The number of fused-ring (bicyclic) bond motifs is 1. The SMILES string of the molecule is Cc1cc2c(=O)n(Cc3ccc(F)cc3CN)ccn2n1. The van der Waals surface area contributed by atoms with Gasteiger partial charge in [0.1, 0.15) is 11.3 Å². The van der Waals surface area contributed by atoms with Crippen LogP contribution in [0, 0.1) is 12.7 Å². The molecule has 2 heterocycles. The van der Waals surface area contributed by atoms with Gasteiger partial charge in [0, 0.05) is 18.9 Å². The molecule has 3 aromatic rings. The third kappa shape index (κ3) is 2.45. The Morgan fingerprint density at radius 1 is 1.24 bits per heavy atom. The van der Waals surface area contributed by atoms with Gasteiger partial charge in [-0.15, -0.1) is 0 Å². The lowest BCUT2D eigenvalue weighted by molar-refractivity contribution is 0.622. The van der Waals surface area contributed by atoms with E-state index in [1.165, 1.54) is 12.1 Å². The van der Waals surface area contributed by atoms with E-state index < -0.39 is 0 Å². The molecule has 2 N–H and O–H groups in total. The molecule has 1 aromatic carbocycles. The summed E-state index contributed by atoms with van der Waals surface area (Å²) in [4.78, 5) is 12.4. The molecule has 0 saturated heterocycles. The van der Waals surface area contributed by atoms with Crippen LogP contribution in [0.3, 0.4) is 0 Å². The Morgan fingerprint density at radius 3 is 2.81 bits per heavy atom. The number of benzene rings is 1. The molecule has 0 radical (unpaired) electrons. The smallest absolute Gasteiger partial charge is 0.276 e. The number of aromatic nitrogens is 3. The molecule has 21 heavy (non-hydrogen) atoms. The van der Waals surface area contributed by atoms with Crippen LogP contribution in [-0.4, -0.2) is 14.2 Å². The molecule has 0 aliphatic rings. The van der Waals surface area contributed by atoms with Gasteiger partial charge in [0.2, 0.25) is 0 Å². The molecule has 0 bridgehead atoms. The van der Waals surface area contributed by atoms with Crippen LogP contribution in [0.5, 0.6) is 0 Å². The van der Waals surface area contributed by atoms with Crippen LogP contribution in [0.1, 0.15) is 16.8 Å². The molecule has 0 saturated carbocycles. The summed E-state index contributed by atoms with van der Waals surface area (Å²) in [5.74, 6) is -0.326. The molecule has 108 valence electrons. The van der Waals surface area contributed by atoms with Crippen molar-refractivity contribution in [2.75, 3.05) is 0 Å². The van der Waals surface area contributed by atoms with Gasteiger partial charge >= 0.3 is 0 Å². The van der Waals surface area contributed by atoms with Crippen molar-refractivity contribution < 1.29 is 4.39 Å². The molecule has 6 heteroatoms. The van der Waals surface area contributed by atoms with Gasteiger partial charge in [-0.25, -0.2) is 8.91 Å². The van der Waals surface area contributed by atoms with E-state index in [9.17, 15) is 9.18 Å². The molecule has 0 aliphatic heterocycles. The predicted molar refractivity (Wildman–Crippen MR) is 77.6 cm³/mol. The predicted octanol–water partition coefficient (Wildman–Crippen LogP) is 1.45. The second-order valence-electron chi connectivity index (χ2n) is 4.96. The molecule has 0 unspecified atom stereocenters. The summed E-state index contributed by atoms with van der Waals surface area (Å²) in [5.41, 5.74) is 8.34. The van der Waals surface area contributed by atoms with Crippen LogP contribution in [-0.2, 0) is 13.1 Å². The maximum absolute atomic E-state index is 13.2. The van der Waals surface area contributed by atoms with Gasteiger partial charge in [0.05, 0.1) is 12.2 Å². The zero-order valence-electron chi connectivity index (χ0n) is 11.6. The van der Waals surface area contributed by atoms with E-state index in [0.29, 0.717) is 17.6 Å². The van der Waals surface area contributed by atoms with E-state index in [2.05, 4.69) is 5.10 Å². The fourth-order valence-electron chi connectivity index (χ4n) is 2.40. The van der Waals surface area contributed by atoms with E-state index in [1.807, 2.05) is 6.92 Å². The first kappa shape index (κ1) is 13.5. The molecule has 3 rings (SSSR count). The van der Waals surface area contributed by atoms with E-state index in [1.54, 1.807) is 33.6 Å². The number of rotatable bonds is 3.